The molecule has 1 atom stereocenters. The average Bonchev–Trinajstić information content (AvgIpc) is 3.45. The highest BCUT2D eigenvalue weighted by Crippen LogP contribution is 2.31. The zero-order chi connectivity index (χ0) is 22.1. The zero-order valence-electron chi connectivity index (χ0n) is 18.9. The molecule has 1 saturated carbocycles. The van der Waals surface area contributed by atoms with E-state index in [0.29, 0.717) is 18.9 Å². The molecule has 1 saturated heterocycles. The molecule has 2 fully saturated rings. The summed E-state index contributed by atoms with van der Waals surface area (Å²) in [6.07, 6.45) is 5.16. The Morgan fingerprint density at radius 1 is 1.19 bits per heavy atom. The number of hydrogen-bond donors (Lipinski definition) is 1. The van der Waals surface area contributed by atoms with Gasteiger partial charge in [0.05, 0.1) is 30.8 Å². The van der Waals surface area contributed by atoms with Gasteiger partial charge in [0.2, 0.25) is 5.91 Å². The number of imidazole rings is 1. The molecule has 2 amide bonds. The molecule has 172 valence electrons. The number of nitrogens with zero attached hydrogens (tertiary/aromatic N) is 4. The minimum Gasteiger partial charge on any atom is -0.379 e. The first-order chi connectivity index (χ1) is 15.6. The van der Waals surface area contributed by atoms with Crippen molar-refractivity contribution in [2.75, 3.05) is 39.4 Å². The minimum absolute atomic E-state index is 0.0486. The van der Waals surface area contributed by atoms with Gasteiger partial charge in [0.15, 0.2) is 5.82 Å². The molecule has 1 aromatic carbocycles. The zero-order valence-corrected chi connectivity index (χ0v) is 18.9. The van der Waals surface area contributed by atoms with E-state index < -0.39 is 5.54 Å². The number of morpholine rings is 1. The topological polar surface area (TPSA) is 79.7 Å². The molecule has 8 heteroatoms. The summed E-state index contributed by atoms with van der Waals surface area (Å²) in [4.78, 5) is 36.0. The fraction of sp³-hybridized carbons (Fsp3) is 0.625. The Kier molecular flexibility index (Phi) is 5.90. The molecule has 1 N–H and O–H groups in total. The monoisotopic (exact) mass is 439 g/mol. The number of ether oxygens (including phenoxy) is 1. The van der Waals surface area contributed by atoms with Crippen molar-refractivity contribution in [2.24, 2.45) is 0 Å². The molecule has 3 heterocycles. The Balaban J connectivity index is 1.41. The second-order valence-electron chi connectivity index (χ2n) is 9.50. The lowest BCUT2D eigenvalue weighted by Crippen LogP contribution is -2.65. The summed E-state index contributed by atoms with van der Waals surface area (Å²) in [5.74, 6) is 0.231. The summed E-state index contributed by atoms with van der Waals surface area (Å²) in [6.45, 7) is 7.12. The van der Waals surface area contributed by atoms with E-state index in [1.807, 2.05) is 35.8 Å². The summed E-state index contributed by atoms with van der Waals surface area (Å²) < 4.78 is 7.37. The van der Waals surface area contributed by atoms with Crippen molar-refractivity contribution < 1.29 is 14.3 Å². The van der Waals surface area contributed by atoms with E-state index in [0.717, 1.165) is 76.0 Å². The summed E-state index contributed by atoms with van der Waals surface area (Å²) in [7, 11) is 0. The Labute approximate surface area is 188 Å². The van der Waals surface area contributed by atoms with Gasteiger partial charge in [-0.2, -0.15) is 0 Å². The number of hydrogen-bond acceptors (Lipinski definition) is 5. The third kappa shape index (κ3) is 3.90. The van der Waals surface area contributed by atoms with Gasteiger partial charge in [-0.15, -0.1) is 0 Å². The van der Waals surface area contributed by atoms with E-state index in [1.165, 1.54) is 0 Å². The quantitative estimate of drug-likeness (QED) is 0.745. The molecule has 2 aliphatic heterocycles. The number of benzene rings is 1. The Hall–Kier alpha value is -2.45. The number of para-hydroxylation sites is 2. The molecule has 0 spiro atoms. The van der Waals surface area contributed by atoms with Gasteiger partial charge in [-0.3, -0.25) is 14.5 Å². The van der Waals surface area contributed by atoms with E-state index >= 15 is 0 Å². The summed E-state index contributed by atoms with van der Waals surface area (Å²) >= 11 is 0. The number of fused-ring (bicyclic) bond motifs is 3. The molecular weight excluding hydrogens is 406 g/mol. The number of aromatic nitrogens is 2. The lowest BCUT2D eigenvalue weighted by atomic mass is 9.94. The number of amides is 2. The van der Waals surface area contributed by atoms with Crippen LogP contribution in [0.4, 0.5) is 0 Å². The van der Waals surface area contributed by atoms with E-state index in [2.05, 4.69) is 15.2 Å². The summed E-state index contributed by atoms with van der Waals surface area (Å²) in [5.41, 5.74) is 0.759. The van der Waals surface area contributed by atoms with Gasteiger partial charge < -0.3 is 19.5 Å². The van der Waals surface area contributed by atoms with Crippen molar-refractivity contribution in [3.05, 3.63) is 30.1 Å². The van der Waals surface area contributed by atoms with E-state index in [9.17, 15) is 9.59 Å². The standard InChI is InChI=1S/C24H33N5O3/c1-24(23(31)25-18-7-2-3-8-18)17-28-20-10-5-4-9-19(20)26-21(28)22(30)29(24)12-6-11-27-13-15-32-16-14-27/h4-5,9-10,18H,2-3,6-8,11-17H2,1H3,(H,25,31)/t24-/m1/s1. The number of carbonyl (C=O) groups is 2. The maximum atomic E-state index is 13.7. The Bertz CT molecular complexity index is 993. The molecule has 1 aromatic heterocycles. The van der Waals surface area contributed by atoms with Gasteiger partial charge >= 0.3 is 0 Å². The van der Waals surface area contributed by atoms with Crippen LogP contribution in [0.3, 0.4) is 0 Å². The fourth-order valence-electron chi connectivity index (χ4n) is 5.37. The van der Waals surface area contributed by atoms with Crippen molar-refractivity contribution in [1.82, 2.24) is 24.7 Å². The number of rotatable bonds is 6. The molecule has 8 nitrogen and oxygen atoms in total. The van der Waals surface area contributed by atoms with Crippen molar-refractivity contribution in [2.45, 2.75) is 57.2 Å². The van der Waals surface area contributed by atoms with E-state index in [1.54, 1.807) is 4.90 Å². The number of carbonyl (C=O) groups excluding carboxylic acids is 2. The lowest BCUT2D eigenvalue weighted by molar-refractivity contribution is -0.133. The van der Waals surface area contributed by atoms with Crippen LogP contribution in [0.15, 0.2) is 24.3 Å². The van der Waals surface area contributed by atoms with E-state index in [4.69, 9.17) is 4.74 Å². The predicted octanol–water partition coefficient (Wildman–Crippen LogP) is 2.03. The molecule has 2 aromatic rings. The highest BCUT2D eigenvalue weighted by molar-refractivity contribution is 6.01. The van der Waals surface area contributed by atoms with Gasteiger partial charge in [0.25, 0.3) is 5.91 Å². The molecule has 0 unspecified atom stereocenters. The molecule has 32 heavy (non-hydrogen) atoms. The Morgan fingerprint density at radius 3 is 2.72 bits per heavy atom. The van der Waals surface area contributed by atoms with Crippen molar-refractivity contribution >= 4 is 22.8 Å². The summed E-state index contributed by atoms with van der Waals surface area (Å²) in [6, 6.07) is 7.99. The smallest absolute Gasteiger partial charge is 0.290 e. The average molecular weight is 440 g/mol. The molecule has 5 rings (SSSR count). The van der Waals surface area contributed by atoms with Crippen LogP contribution < -0.4 is 5.32 Å². The van der Waals surface area contributed by atoms with Gasteiger partial charge in [-0.1, -0.05) is 25.0 Å². The number of nitrogens with one attached hydrogen (secondary N) is 1. The molecular formula is C24H33N5O3. The van der Waals surface area contributed by atoms with Crippen LogP contribution in [0.1, 0.15) is 49.6 Å². The van der Waals surface area contributed by atoms with Crippen LogP contribution in [-0.4, -0.2) is 82.1 Å². The highest BCUT2D eigenvalue weighted by atomic mass is 16.5. The molecule has 0 radical (unpaired) electrons. The van der Waals surface area contributed by atoms with Crippen LogP contribution in [-0.2, 0) is 16.1 Å². The largest absolute Gasteiger partial charge is 0.379 e. The van der Waals surface area contributed by atoms with Crippen molar-refractivity contribution in [1.29, 1.82) is 0 Å². The third-order valence-corrected chi connectivity index (χ3v) is 7.29. The summed E-state index contributed by atoms with van der Waals surface area (Å²) in [5, 5.41) is 3.26. The van der Waals surface area contributed by atoms with Gasteiger partial charge in [-0.05, 0) is 38.3 Å². The van der Waals surface area contributed by atoms with E-state index in [-0.39, 0.29) is 17.9 Å². The second-order valence-corrected chi connectivity index (χ2v) is 9.50. The third-order valence-electron chi connectivity index (χ3n) is 7.29. The molecule has 1 aliphatic carbocycles. The van der Waals surface area contributed by atoms with Gasteiger partial charge in [0.1, 0.15) is 5.54 Å². The van der Waals surface area contributed by atoms with Crippen LogP contribution >= 0.6 is 0 Å². The van der Waals surface area contributed by atoms with Crippen LogP contribution in [0.25, 0.3) is 11.0 Å². The van der Waals surface area contributed by atoms with Crippen molar-refractivity contribution in [3.63, 3.8) is 0 Å². The fourth-order valence-corrected chi connectivity index (χ4v) is 5.37. The first kappa shape index (κ1) is 21.4. The first-order valence-corrected chi connectivity index (χ1v) is 11.9. The normalized spacial score (nSPS) is 24.8. The maximum Gasteiger partial charge on any atom is 0.290 e. The second kappa shape index (κ2) is 8.83. The Morgan fingerprint density at radius 2 is 1.94 bits per heavy atom. The SMILES string of the molecule is C[C@]1(C(=O)NC2CCCC2)Cn2c(nc3ccccc32)C(=O)N1CCCN1CCOCC1. The van der Waals surface area contributed by atoms with Crippen molar-refractivity contribution in [3.8, 4) is 0 Å². The molecule has 0 bridgehead atoms. The maximum absolute atomic E-state index is 13.7. The van der Waals surface area contributed by atoms with Crippen LogP contribution in [0.2, 0.25) is 0 Å². The molecule has 3 aliphatic rings. The van der Waals surface area contributed by atoms with Crippen LogP contribution in [0.5, 0.6) is 0 Å². The van der Waals surface area contributed by atoms with Gasteiger partial charge in [-0.25, -0.2) is 4.98 Å². The minimum atomic E-state index is -0.943. The highest BCUT2D eigenvalue weighted by Gasteiger charge is 2.48. The van der Waals surface area contributed by atoms with Gasteiger partial charge in [0, 0.05) is 32.2 Å². The predicted molar refractivity (Wildman–Crippen MR) is 121 cm³/mol. The first-order valence-electron chi connectivity index (χ1n) is 11.9. The lowest BCUT2D eigenvalue weighted by Gasteiger charge is -2.44. The van der Waals surface area contributed by atoms with Crippen LogP contribution in [0, 0.1) is 0 Å².